The van der Waals surface area contributed by atoms with Crippen molar-refractivity contribution in [3.63, 3.8) is 0 Å². The summed E-state index contributed by atoms with van der Waals surface area (Å²) in [6.45, 7) is 0. The average molecular weight is 311 g/mol. The number of benzene rings is 1. The standard InChI is InChI=1S/C9H7NS.CHF3O3S/c1-2-4-8(5-3-1)9-6-10-7-11-9;2-1(3,4)8(5,6)7/h1-7H;(H,5,6,7). The van der Waals surface area contributed by atoms with Crippen molar-refractivity contribution < 1.29 is 26.1 Å². The SMILES string of the molecule is O=S(=O)(O)C(F)(F)F.c1ccc(-c2cncs2)cc1. The number of hydrogen-bond donors (Lipinski definition) is 1. The molecule has 1 aromatic carbocycles. The van der Waals surface area contributed by atoms with Crippen molar-refractivity contribution in [2.75, 3.05) is 0 Å². The molecule has 0 saturated heterocycles. The Morgan fingerprint density at radius 1 is 1.16 bits per heavy atom. The van der Waals surface area contributed by atoms with Gasteiger partial charge in [-0.15, -0.1) is 11.3 Å². The van der Waals surface area contributed by atoms with Crippen LogP contribution in [0.1, 0.15) is 0 Å². The van der Waals surface area contributed by atoms with Crippen molar-refractivity contribution >= 4 is 21.5 Å². The fraction of sp³-hybridized carbons (Fsp3) is 0.100. The minimum absolute atomic E-state index is 1.23. The molecule has 1 heterocycles. The Hall–Kier alpha value is -1.45. The van der Waals surface area contributed by atoms with Crippen LogP contribution in [0.4, 0.5) is 13.2 Å². The zero-order valence-corrected chi connectivity index (χ0v) is 10.8. The molecule has 2 rings (SSSR count). The largest absolute Gasteiger partial charge is 0.522 e. The summed E-state index contributed by atoms with van der Waals surface area (Å²) in [5, 5.41) is 0. The van der Waals surface area contributed by atoms with Crippen LogP contribution < -0.4 is 0 Å². The molecule has 2 aromatic rings. The van der Waals surface area contributed by atoms with Gasteiger partial charge in [0.05, 0.1) is 10.4 Å². The maximum absolute atomic E-state index is 10.7. The molecule has 104 valence electrons. The van der Waals surface area contributed by atoms with Gasteiger partial charge in [-0.2, -0.15) is 21.6 Å². The van der Waals surface area contributed by atoms with E-state index in [1.54, 1.807) is 11.3 Å². The van der Waals surface area contributed by atoms with Gasteiger partial charge in [0.25, 0.3) is 0 Å². The summed E-state index contributed by atoms with van der Waals surface area (Å²) < 4.78 is 57.5. The molecule has 9 heteroatoms. The van der Waals surface area contributed by atoms with Gasteiger partial charge in [-0.3, -0.25) is 9.54 Å². The summed E-state index contributed by atoms with van der Waals surface area (Å²) in [5.74, 6) is 0. The maximum Gasteiger partial charge on any atom is 0.522 e. The molecule has 0 radical (unpaired) electrons. The lowest BCUT2D eigenvalue weighted by molar-refractivity contribution is -0.0510. The Balaban J connectivity index is 0.000000203. The molecular formula is C10H8F3NO3S2. The Bertz CT molecular complexity index is 595. The third-order valence-corrected chi connectivity index (χ3v) is 3.19. The number of rotatable bonds is 1. The third kappa shape index (κ3) is 4.97. The van der Waals surface area contributed by atoms with E-state index >= 15 is 0 Å². The van der Waals surface area contributed by atoms with Crippen LogP contribution in [0.2, 0.25) is 0 Å². The smallest absolute Gasteiger partial charge is 0.279 e. The number of halogens is 3. The second-order valence-corrected chi connectivity index (χ2v) is 5.45. The van der Waals surface area contributed by atoms with Crippen molar-refractivity contribution in [3.8, 4) is 10.4 Å². The van der Waals surface area contributed by atoms with Crippen LogP contribution in [0.3, 0.4) is 0 Å². The number of alkyl halides is 3. The van der Waals surface area contributed by atoms with E-state index in [0.29, 0.717) is 0 Å². The molecule has 0 fully saturated rings. The van der Waals surface area contributed by atoms with Crippen LogP contribution >= 0.6 is 11.3 Å². The van der Waals surface area contributed by atoms with E-state index in [2.05, 4.69) is 17.1 Å². The van der Waals surface area contributed by atoms with E-state index in [1.165, 1.54) is 10.4 Å². The fourth-order valence-corrected chi connectivity index (χ4v) is 1.59. The van der Waals surface area contributed by atoms with Crippen LogP contribution in [0.25, 0.3) is 10.4 Å². The zero-order valence-electron chi connectivity index (χ0n) is 9.20. The fourth-order valence-electron chi connectivity index (χ4n) is 0.961. The van der Waals surface area contributed by atoms with Crippen LogP contribution in [0.15, 0.2) is 42.0 Å². The molecule has 0 amide bonds. The lowest BCUT2D eigenvalue weighted by Crippen LogP contribution is -2.21. The molecule has 1 aromatic heterocycles. The van der Waals surface area contributed by atoms with Gasteiger partial charge in [0.1, 0.15) is 0 Å². The lowest BCUT2D eigenvalue weighted by atomic mass is 10.2. The van der Waals surface area contributed by atoms with Crippen molar-refractivity contribution in [2.45, 2.75) is 5.51 Å². The van der Waals surface area contributed by atoms with E-state index in [1.807, 2.05) is 29.9 Å². The van der Waals surface area contributed by atoms with Crippen LogP contribution in [0, 0.1) is 0 Å². The molecule has 4 nitrogen and oxygen atoms in total. The van der Waals surface area contributed by atoms with Crippen molar-refractivity contribution in [1.82, 2.24) is 4.98 Å². The van der Waals surface area contributed by atoms with Crippen LogP contribution in [-0.4, -0.2) is 23.5 Å². The molecule has 0 saturated carbocycles. The molecule has 0 spiro atoms. The second kappa shape index (κ2) is 6.13. The number of aromatic nitrogens is 1. The van der Waals surface area contributed by atoms with Crippen molar-refractivity contribution in [1.29, 1.82) is 0 Å². The monoisotopic (exact) mass is 311 g/mol. The molecule has 0 atom stereocenters. The van der Waals surface area contributed by atoms with E-state index in [0.717, 1.165) is 0 Å². The van der Waals surface area contributed by atoms with E-state index in [-0.39, 0.29) is 0 Å². The van der Waals surface area contributed by atoms with Crippen molar-refractivity contribution in [3.05, 3.63) is 42.0 Å². The van der Waals surface area contributed by atoms with Gasteiger partial charge < -0.3 is 0 Å². The minimum Gasteiger partial charge on any atom is -0.279 e. The topological polar surface area (TPSA) is 67.3 Å². The Labute approximate surface area is 111 Å². The van der Waals surface area contributed by atoms with Gasteiger partial charge in [0.15, 0.2) is 0 Å². The number of nitrogens with zero attached hydrogens (tertiary/aromatic N) is 1. The normalized spacial score (nSPS) is 11.6. The lowest BCUT2D eigenvalue weighted by Gasteiger charge is -1.97. The van der Waals surface area contributed by atoms with Gasteiger partial charge >= 0.3 is 15.6 Å². The van der Waals surface area contributed by atoms with Crippen molar-refractivity contribution in [2.24, 2.45) is 0 Å². The summed E-state index contributed by atoms with van der Waals surface area (Å²) in [6, 6.07) is 10.3. The van der Waals surface area contributed by atoms with E-state index in [9.17, 15) is 13.2 Å². The first-order chi connectivity index (χ1) is 8.72. The highest BCUT2D eigenvalue weighted by atomic mass is 32.2. The highest BCUT2D eigenvalue weighted by Crippen LogP contribution is 2.22. The molecule has 0 aliphatic heterocycles. The van der Waals surface area contributed by atoms with Gasteiger partial charge in [-0.1, -0.05) is 30.3 Å². The quantitative estimate of drug-likeness (QED) is 0.648. The molecule has 0 unspecified atom stereocenters. The molecule has 0 aliphatic rings. The average Bonchev–Trinajstić information content (AvgIpc) is 2.81. The molecular weight excluding hydrogens is 303 g/mol. The zero-order chi connectivity index (χ0) is 14.5. The van der Waals surface area contributed by atoms with E-state index in [4.69, 9.17) is 13.0 Å². The van der Waals surface area contributed by atoms with E-state index < -0.39 is 15.6 Å². The minimum atomic E-state index is -5.84. The molecule has 0 bridgehead atoms. The van der Waals surface area contributed by atoms with Gasteiger partial charge in [0, 0.05) is 6.20 Å². The second-order valence-electron chi connectivity index (χ2n) is 3.15. The summed E-state index contributed by atoms with van der Waals surface area (Å²) >= 11 is 1.66. The summed E-state index contributed by atoms with van der Waals surface area (Å²) in [4.78, 5) is 5.24. The summed E-state index contributed by atoms with van der Waals surface area (Å²) in [7, 11) is -5.84. The first kappa shape index (κ1) is 15.6. The highest BCUT2D eigenvalue weighted by Gasteiger charge is 2.44. The first-order valence-corrected chi connectivity index (χ1v) is 7.01. The van der Waals surface area contributed by atoms with Crippen LogP contribution in [0.5, 0.6) is 0 Å². The van der Waals surface area contributed by atoms with Gasteiger partial charge in [-0.05, 0) is 5.56 Å². The Morgan fingerprint density at radius 3 is 2.05 bits per heavy atom. The Morgan fingerprint density at radius 2 is 1.68 bits per heavy atom. The number of thiazole rings is 1. The third-order valence-electron chi connectivity index (χ3n) is 1.78. The predicted molar refractivity (Wildman–Crippen MR) is 65.2 cm³/mol. The Kier molecular flexibility index (Phi) is 5.04. The van der Waals surface area contributed by atoms with Gasteiger partial charge in [-0.25, -0.2) is 0 Å². The summed E-state index contributed by atoms with van der Waals surface area (Å²) in [5.41, 5.74) is -2.44. The predicted octanol–water partition coefficient (Wildman–Crippen LogP) is 3.20. The van der Waals surface area contributed by atoms with Crippen LogP contribution in [-0.2, 0) is 10.1 Å². The molecule has 1 N–H and O–H groups in total. The maximum atomic E-state index is 10.7. The summed E-state index contributed by atoms with van der Waals surface area (Å²) in [6.07, 6.45) is 1.89. The number of hydrogen-bond acceptors (Lipinski definition) is 4. The first-order valence-electron chi connectivity index (χ1n) is 4.69. The molecule has 0 aliphatic carbocycles. The molecule has 19 heavy (non-hydrogen) atoms. The highest BCUT2D eigenvalue weighted by molar-refractivity contribution is 7.86. The van der Waals surface area contributed by atoms with Gasteiger partial charge in [0.2, 0.25) is 0 Å².